The fourth-order valence-corrected chi connectivity index (χ4v) is 3.45. The summed E-state index contributed by atoms with van der Waals surface area (Å²) in [7, 11) is 0. The van der Waals surface area contributed by atoms with Crippen LogP contribution >= 0.6 is 11.3 Å². The van der Waals surface area contributed by atoms with E-state index in [0.717, 1.165) is 34.8 Å². The van der Waals surface area contributed by atoms with Crippen molar-refractivity contribution in [1.29, 1.82) is 0 Å². The first kappa shape index (κ1) is 13.1. The van der Waals surface area contributed by atoms with Gasteiger partial charge in [0.1, 0.15) is 10.6 Å². The average molecular weight is 288 g/mol. The molecule has 0 atom stereocenters. The lowest BCUT2D eigenvalue weighted by atomic mass is 10.1. The fraction of sp³-hybridized carbons (Fsp3) is 0.333. The van der Waals surface area contributed by atoms with Crippen molar-refractivity contribution in [1.82, 2.24) is 4.98 Å². The molecule has 3 rings (SSSR count). The summed E-state index contributed by atoms with van der Waals surface area (Å²) in [6.45, 7) is 5.10. The maximum atomic E-state index is 11.9. The number of rotatable bonds is 2. The lowest BCUT2D eigenvalue weighted by molar-refractivity contribution is 0.0532. The van der Waals surface area contributed by atoms with E-state index in [9.17, 15) is 4.79 Å². The number of nitrogens with zero attached hydrogens (tertiary/aromatic N) is 1. The number of carbonyl (C=O) groups is 1. The molecule has 0 spiro atoms. The summed E-state index contributed by atoms with van der Waals surface area (Å²) >= 11 is 1.47. The van der Waals surface area contributed by atoms with Crippen molar-refractivity contribution in [3.05, 3.63) is 34.3 Å². The van der Waals surface area contributed by atoms with Gasteiger partial charge in [-0.2, -0.15) is 0 Å². The predicted octanol–water partition coefficient (Wildman–Crippen LogP) is 3.26. The zero-order chi connectivity index (χ0) is 14.1. The third-order valence-corrected chi connectivity index (χ3v) is 4.40. The van der Waals surface area contributed by atoms with E-state index in [1.165, 1.54) is 16.9 Å². The molecule has 104 valence electrons. The van der Waals surface area contributed by atoms with E-state index < -0.39 is 0 Å². The van der Waals surface area contributed by atoms with E-state index in [2.05, 4.69) is 16.4 Å². The first-order valence-electron chi connectivity index (χ1n) is 6.69. The summed E-state index contributed by atoms with van der Waals surface area (Å²) in [6, 6.07) is 4.04. The van der Waals surface area contributed by atoms with E-state index in [1.54, 1.807) is 0 Å². The van der Waals surface area contributed by atoms with E-state index in [4.69, 9.17) is 4.74 Å². The molecule has 3 heterocycles. The van der Waals surface area contributed by atoms with Gasteiger partial charge in [-0.25, -0.2) is 4.79 Å². The van der Waals surface area contributed by atoms with Gasteiger partial charge in [-0.05, 0) is 43.5 Å². The number of esters is 1. The highest BCUT2D eigenvalue weighted by molar-refractivity contribution is 7.17. The van der Waals surface area contributed by atoms with Crippen LogP contribution in [0.5, 0.6) is 0 Å². The first-order chi connectivity index (χ1) is 9.69. The minimum absolute atomic E-state index is 0.243. The Morgan fingerprint density at radius 3 is 3.15 bits per heavy atom. The summed E-state index contributed by atoms with van der Waals surface area (Å²) in [5.74, 6) is -0.243. The zero-order valence-electron chi connectivity index (χ0n) is 11.5. The Labute approximate surface area is 121 Å². The number of nitrogens with one attached hydrogen (secondary N) is 1. The quantitative estimate of drug-likeness (QED) is 0.862. The molecular weight excluding hydrogens is 272 g/mol. The Hall–Kier alpha value is -1.88. The standard InChI is InChI=1S/C15H16N2O2S/c1-3-19-15(18)12-7-10-4-5-16-11-6-9(2)8-17-13(11)14(10)20-12/h6-8,16H,3-5H2,1-2H3. The number of carbonyl (C=O) groups excluding carboxylic acids is 1. The number of ether oxygens (including phenoxy) is 1. The van der Waals surface area contributed by atoms with Crippen molar-refractivity contribution in [2.75, 3.05) is 18.5 Å². The van der Waals surface area contributed by atoms with Crippen molar-refractivity contribution in [3.8, 4) is 10.6 Å². The van der Waals surface area contributed by atoms with E-state index in [0.29, 0.717) is 11.5 Å². The molecule has 0 bridgehead atoms. The molecule has 0 aromatic carbocycles. The molecule has 0 fully saturated rings. The van der Waals surface area contributed by atoms with Gasteiger partial charge in [0, 0.05) is 12.7 Å². The highest BCUT2D eigenvalue weighted by Crippen LogP contribution is 2.38. The molecular formula is C15H16N2O2S. The van der Waals surface area contributed by atoms with E-state index >= 15 is 0 Å². The van der Waals surface area contributed by atoms with Gasteiger partial charge in [-0.15, -0.1) is 11.3 Å². The molecule has 0 amide bonds. The Bertz CT molecular complexity index is 664. The minimum atomic E-state index is -0.243. The second-order valence-electron chi connectivity index (χ2n) is 4.77. The number of aryl methyl sites for hydroxylation is 1. The minimum Gasteiger partial charge on any atom is -0.462 e. The molecule has 5 heteroatoms. The number of hydrogen-bond donors (Lipinski definition) is 1. The highest BCUT2D eigenvalue weighted by atomic mass is 32.1. The Morgan fingerprint density at radius 2 is 2.35 bits per heavy atom. The van der Waals surface area contributed by atoms with Gasteiger partial charge < -0.3 is 10.1 Å². The molecule has 2 aromatic heterocycles. The fourth-order valence-electron chi connectivity index (χ4n) is 2.33. The summed E-state index contributed by atoms with van der Waals surface area (Å²) in [6.07, 6.45) is 2.75. The van der Waals surface area contributed by atoms with Gasteiger partial charge in [0.2, 0.25) is 0 Å². The van der Waals surface area contributed by atoms with Crippen LogP contribution in [-0.4, -0.2) is 24.1 Å². The van der Waals surface area contributed by atoms with Crippen molar-refractivity contribution in [3.63, 3.8) is 0 Å². The van der Waals surface area contributed by atoms with Crippen LogP contribution in [-0.2, 0) is 11.2 Å². The number of aromatic nitrogens is 1. The van der Waals surface area contributed by atoms with Gasteiger partial charge in [-0.3, -0.25) is 4.98 Å². The van der Waals surface area contributed by atoms with Crippen molar-refractivity contribution < 1.29 is 9.53 Å². The maximum Gasteiger partial charge on any atom is 0.348 e. The summed E-state index contributed by atoms with van der Waals surface area (Å²) in [4.78, 5) is 18.1. The van der Waals surface area contributed by atoms with Gasteiger partial charge in [0.05, 0.1) is 17.2 Å². The van der Waals surface area contributed by atoms with E-state index in [-0.39, 0.29) is 5.97 Å². The molecule has 1 aliphatic heterocycles. The Balaban J connectivity index is 2.07. The highest BCUT2D eigenvalue weighted by Gasteiger charge is 2.21. The first-order valence-corrected chi connectivity index (χ1v) is 7.51. The number of hydrogen-bond acceptors (Lipinski definition) is 5. The van der Waals surface area contributed by atoms with Crippen molar-refractivity contribution in [2.24, 2.45) is 0 Å². The molecule has 1 N–H and O–H groups in total. The Kier molecular flexibility index (Phi) is 3.44. The molecule has 2 aromatic rings. The van der Waals surface area contributed by atoms with Crippen LogP contribution in [0.3, 0.4) is 0 Å². The molecule has 20 heavy (non-hydrogen) atoms. The lowest BCUT2D eigenvalue weighted by Gasteiger charge is -2.07. The number of thiophene rings is 1. The predicted molar refractivity (Wildman–Crippen MR) is 80.4 cm³/mol. The third kappa shape index (κ3) is 2.29. The largest absolute Gasteiger partial charge is 0.462 e. The third-order valence-electron chi connectivity index (χ3n) is 3.23. The van der Waals surface area contributed by atoms with Gasteiger partial charge in [0.25, 0.3) is 0 Å². The van der Waals surface area contributed by atoms with Gasteiger partial charge in [0.15, 0.2) is 0 Å². The normalized spacial score (nSPS) is 12.9. The second-order valence-corrected chi connectivity index (χ2v) is 5.82. The van der Waals surface area contributed by atoms with Gasteiger partial charge >= 0.3 is 5.97 Å². The molecule has 0 radical (unpaired) electrons. The van der Waals surface area contributed by atoms with Crippen LogP contribution in [0.1, 0.15) is 27.7 Å². The van der Waals surface area contributed by atoms with Gasteiger partial charge in [-0.1, -0.05) is 0 Å². The molecule has 0 saturated heterocycles. The number of fused-ring (bicyclic) bond motifs is 3. The SMILES string of the molecule is CCOC(=O)c1cc2c(s1)-c1ncc(C)cc1NCC2. The summed E-state index contributed by atoms with van der Waals surface area (Å²) in [5, 5.41) is 3.40. The van der Waals surface area contributed by atoms with Crippen molar-refractivity contribution in [2.45, 2.75) is 20.3 Å². The van der Waals surface area contributed by atoms with Crippen LogP contribution in [0.2, 0.25) is 0 Å². The molecule has 0 saturated carbocycles. The second kappa shape index (κ2) is 5.25. The van der Waals surface area contributed by atoms with Crippen LogP contribution in [0.25, 0.3) is 10.6 Å². The number of pyridine rings is 1. The smallest absolute Gasteiger partial charge is 0.348 e. The van der Waals surface area contributed by atoms with E-state index in [1.807, 2.05) is 26.1 Å². The van der Waals surface area contributed by atoms with Crippen LogP contribution < -0.4 is 5.32 Å². The molecule has 4 nitrogen and oxygen atoms in total. The van der Waals surface area contributed by atoms with Crippen LogP contribution in [0, 0.1) is 6.92 Å². The average Bonchev–Trinajstić information content (AvgIpc) is 2.77. The lowest BCUT2D eigenvalue weighted by Crippen LogP contribution is -2.04. The van der Waals surface area contributed by atoms with Crippen LogP contribution in [0.4, 0.5) is 5.69 Å². The monoisotopic (exact) mass is 288 g/mol. The topological polar surface area (TPSA) is 51.2 Å². The Morgan fingerprint density at radius 1 is 1.50 bits per heavy atom. The maximum absolute atomic E-state index is 11.9. The molecule has 1 aliphatic rings. The van der Waals surface area contributed by atoms with Crippen LogP contribution in [0.15, 0.2) is 18.3 Å². The van der Waals surface area contributed by atoms with Crippen molar-refractivity contribution >= 4 is 23.0 Å². The molecule has 0 aliphatic carbocycles. The molecule has 0 unspecified atom stereocenters. The summed E-state index contributed by atoms with van der Waals surface area (Å²) in [5.41, 5.74) is 4.27. The zero-order valence-corrected chi connectivity index (χ0v) is 12.3. The summed E-state index contributed by atoms with van der Waals surface area (Å²) < 4.78 is 5.08. The number of anilines is 1.